The van der Waals surface area contributed by atoms with E-state index in [4.69, 9.17) is 0 Å². The number of imide groups is 1. The van der Waals surface area contributed by atoms with Gasteiger partial charge in [-0.05, 0) is 30.5 Å². The molecule has 4 nitrogen and oxygen atoms in total. The van der Waals surface area contributed by atoms with Gasteiger partial charge in [0.1, 0.15) is 12.4 Å². The van der Waals surface area contributed by atoms with Crippen molar-refractivity contribution in [2.24, 2.45) is 0 Å². The van der Waals surface area contributed by atoms with Gasteiger partial charge in [-0.15, -0.1) is 6.58 Å². The number of carbonyl (C=O) groups excluding carboxylic acids is 2. The van der Waals surface area contributed by atoms with Gasteiger partial charge in [0.15, 0.2) is 0 Å². The molecule has 1 saturated heterocycles. The monoisotopic (exact) mass is 302 g/mol. The lowest BCUT2D eigenvalue weighted by Crippen LogP contribution is -2.42. The molecular weight excluding hydrogens is 283 g/mol. The van der Waals surface area contributed by atoms with Crippen LogP contribution in [0, 0.1) is 5.82 Å². The third kappa shape index (κ3) is 2.51. The fourth-order valence-corrected chi connectivity index (χ4v) is 3.54. The first kappa shape index (κ1) is 14.8. The molecule has 5 heteroatoms. The Balaban J connectivity index is 1.84. The second kappa shape index (κ2) is 5.91. The molecule has 1 saturated carbocycles. The summed E-state index contributed by atoms with van der Waals surface area (Å²) in [6.45, 7) is 4.12. The number of urea groups is 1. The number of amides is 3. The van der Waals surface area contributed by atoms with E-state index >= 15 is 0 Å². The van der Waals surface area contributed by atoms with Crippen molar-refractivity contribution < 1.29 is 14.0 Å². The predicted molar refractivity (Wildman–Crippen MR) is 80.8 cm³/mol. The van der Waals surface area contributed by atoms with Crippen molar-refractivity contribution in [3.63, 3.8) is 0 Å². The quantitative estimate of drug-likeness (QED) is 0.634. The number of rotatable bonds is 4. The maximum atomic E-state index is 13.1. The number of benzene rings is 1. The molecule has 3 rings (SSSR count). The zero-order chi connectivity index (χ0) is 15.7. The lowest BCUT2D eigenvalue weighted by Gasteiger charge is -2.28. The first-order valence-corrected chi connectivity index (χ1v) is 7.59. The van der Waals surface area contributed by atoms with Gasteiger partial charge in [-0.3, -0.25) is 9.69 Å². The van der Waals surface area contributed by atoms with Crippen LogP contribution in [-0.2, 0) is 4.79 Å². The summed E-state index contributed by atoms with van der Waals surface area (Å²) < 4.78 is 13.1. The van der Waals surface area contributed by atoms with E-state index in [1.165, 1.54) is 21.9 Å². The average molecular weight is 302 g/mol. The molecule has 0 bridgehead atoms. The van der Waals surface area contributed by atoms with Crippen LogP contribution in [0.3, 0.4) is 0 Å². The van der Waals surface area contributed by atoms with Crippen LogP contribution in [0.1, 0.15) is 30.7 Å². The van der Waals surface area contributed by atoms with Crippen molar-refractivity contribution in [1.82, 2.24) is 9.80 Å². The maximum Gasteiger partial charge on any atom is 0.327 e. The van der Waals surface area contributed by atoms with E-state index in [1.54, 1.807) is 18.2 Å². The van der Waals surface area contributed by atoms with Gasteiger partial charge < -0.3 is 4.90 Å². The van der Waals surface area contributed by atoms with Gasteiger partial charge in [0.2, 0.25) is 0 Å². The van der Waals surface area contributed by atoms with Gasteiger partial charge in [-0.25, -0.2) is 9.18 Å². The summed E-state index contributed by atoms with van der Waals surface area (Å²) >= 11 is 0. The van der Waals surface area contributed by atoms with E-state index < -0.39 is 0 Å². The van der Waals surface area contributed by atoms with Crippen LogP contribution >= 0.6 is 0 Å². The lowest BCUT2D eigenvalue weighted by atomic mass is 9.93. The van der Waals surface area contributed by atoms with Crippen molar-refractivity contribution >= 4 is 11.9 Å². The minimum Gasteiger partial charge on any atom is -0.311 e. The summed E-state index contributed by atoms with van der Waals surface area (Å²) in [5, 5.41) is 0. The fourth-order valence-electron chi connectivity index (χ4n) is 3.54. The van der Waals surface area contributed by atoms with Crippen molar-refractivity contribution in [3.8, 4) is 0 Å². The van der Waals surface area contributed by atoms with Crippen LogP contribution in [-0.4, -0.2) is 40.9 Å². The topological polar surface area (TPSA) is 40.6 Å². The molecule has 1 heterocycles. The number of hydrogen-bond acceptors (Lipinski definition) is 2. The number of hydrogen-bond donors (Lipinski definition) is 0. The molecule has 116 valence electrons. The molecule has 0 spiro atoms. The van der Waals surface area contributed by atoms with Gasteiger partial charge in [-0.1, -0.05) is 24.6 Å². The molecule has 1 aromatic carbocycles. The molecule has 2 aliphatic rings. The maximum absolute atomic E-state index is 13.1. The number of halogens is 1. The molecule has 0 radical (unpaired) electrons. The normalized spacial score (nSPS) is 25.1. The molecule has 3 amide bonds. The third-order valence-electron chi connectivity index (χ3n) is 4.53. The molecule has 1 aliphatic carbocycles. The Morgan fingerprint density at radius 3 is 2.64 bits per heavy atom. The minimum atomic E-state index is -0.274. The summed E-state index contributed by atoms with van der Waals surface area (Å²) in [6.07, 6.45) is 4.31. The second-order valence-corrected chi connectivity index (χ2v) is 5.87. The van der Waals surface area contributed by atoms with Crippen molar-refractivity contribution in [1.29, 1.82) is 0 Å². The summed E-state index contributed by atoms with van der Waals surface area (Å²) in [4.78, 5) is 27.6. The van der Waals surface area contributed by atoms with Gasteiger partial charge in [-0.2, -0.15) is 0 Å². The highest BCUT2D eigenvalue weighted by molar-refractivity contribution is 6.02. The van der Waals surface area contributed by atoms with E-state index in [2.05, 4.69) is 6.58 Å². The van der Waals surface area contributed by atoms with Crippen LogP contribution in [0.2, 0.25) is 0 Å². The summed E-state index contributed by atoms with van der Waals surface area (Å²) in [7, 11) is 0. The van der Waals surface area contributed by atoms with E-state index in [9.17, 15) is 14.0 Å². The van der Waals surface area contributed by atoms with Gasteiger partial charge in [0.05, 0.1) is 0 Å². The Hall–Kier alpha value is -2.17. The Morgan fingerprint density at radius 2 is 1.95 bits per heavy atom. The number of carbonyl (C=O) groups is 2. The van der Waals surface area contributed by atoms with Crippen LogP contribution in [0.5, 0.6) is 0 Å². The molecule has 0 unspecified atom stereocenters. The Kier molecular flexibility index (Phi) is 3.96. The smallest absolute Gasteiger partial charge is 0.311 e. The third-order valence-corrected chi connectivity index (χ3v) is 4.53. The number of nitrogens with zero attached hydrogens (tertiary/aromatic N) is 2. The van der Waals surface area contributed by atoms with Crippen molar-refractivity contribution in [2.75, 3.05) is 13.1 Å². The van der Waals surface area contributed by atoms with Crippen molar-refractivity contribution in [2.45, 2.75) is 31.2 Å². The molecule has 1 aromatic rings. The molecule has 0 N–H and O–H groups in total. The molecule has 22 heavy (non-hydrogen) atoms. The van der Waals surface area contributed by atoms with E-state index in [-0.39, 0.29) is 36.3 Å². The SMILES string of the molecule is C=CCN1CC(=O)N([C@H]2CCC[C@H]2c2ccc(F)cc2)C1=O. The van der Waals surface area contributed by atoms with Crippen molar-refractivity contribution in [3.05, 3.63) is 48.3 Å². The van der Waals surface area contributed by atoms with E-state index in [0.29, 0.717) is 6.54 Å². The largest absolute Gasteiger partial charge is 0.327 e. The average Bonchev–Trinajstić information content (AvgIpc) is 3.06. The van der Waals surface area contributed by atoms with Crippen LogP contribution in [0.15, 0.2) is 36.9 Å². The molecule has 0 aromatic heterocycles. The predicted octanol–water partition coefficient (Wildman–Crippen LogP) is 2.91. The standard InChI is InChI=1S/C17H19FN2O2/c1-2-10-19-11-16(21)20(17(19)22)15-5-3-4-14(15)12-6-8-13(18)9-7-12/h2,6-9,14-15H,1,3-5,10-11H2/t14-,15-/m0/s1. The summed E-state index contributed by atoms with van der Waals surface area (Å²) in [6, 6.07) is 6.02. The van der Waals surface area contributed by atoms with Gasteiger partial charge >= 0.3 is 6.03 Å². The van der Waals surface area contributed by atoms with E-state index in [0.717, 1.165) is 24.8 Å². The first-order chi connectivity index (χ1) is 10.6. The molecule has 2 atom stereocenters. The molecule has 2 fully saturated rings. The minimum absolute atomic E-state index is 0.0946. The summed E-state index contributed by atoms with van der Waals surface area (Å²) in [5.74, 6) is -0.327. The fraction of sp³-hybridized carbons (Fsp3) is 0.412. The first-order valence-electron chi connectivity index (χ1n) is 7.59. The Morgan fingerprint density at radius 1 is 1.23 bits per heavy atom. The highest BCUT2D eigenvalue weighted by Crippen LogP contribution is 2.39. The van der Waals surface area contributed by atoms with Crippen LogP contribution in [0.4, 0.5) is 9.18 Å². The van der Waals surface area contributed by atoms with Crippen LogP contribution < -0.4 is 0 Å². The summed E-state index contributed by atoms with van der Waals surface area (Å²) in [5.41, 5.74) is 0.992. The van der Waals surface area contributed by atoms with Crippen LogP contribution in [0.25, 0.3) is 0 Å². The van der Waals surface area contributed by atoms with Gasteiger partial charge in [0, 0.05) is 18.5 Å². The second-order valence-electron chi connectivity index (χ2n) is 5.87. The Labute approximate surface area is 129 Å². The molecular formula is C17H19FN2O2. The zero-order valence-electron chi connectivity index (χ0n) is 12.4. The Bertz CT molecular complexity index is 599. The highest BCUT2D eigenvalue weighted by Gasteiger charge is 2.44. The lowest BCUT2D eigenvalue weighted by molar-refractivity contribution is -0.127. The highest BCUT2D eigenvalue weighted by atomic mass is 19.1. The van der Waals surface area contributed by atoms with Gasteiger partial charge in [0.25, 0.3) is 5.91 Å². The zero-order valence-corrected chi connectivity index (χ0v) is 12.4. The molecule has 1 aliphatic heterocycles. The van der Waals surface area contributed by atoms with E-state index in [1.807, 2.05) is 0 Å².